The first-order valence-corrected chi connectivity index (χ1v) is 6.20. The first-order valence-electron chi connectivity index (χ1n) is 6.20. The van der Waals surface area contributed by atoms with Crippen LogP contribution in [0, 0.1) is 11.3 Å². The van der Waals surface area contributed by atoms with E-state index in [4.69, 9.17) is 10.4 Å². The minimum Gasteiger partial charge on any atom is -0.480 e. The SMILES string of the molecule is CCOC(=O)NCCN/C=C(/C#N)C(=O)NC(C)C(=O)O. The number of carbonyl (C=O) groups is 3. The summed E-state index contributed by atoms with van der Waals surface area (Å²) in [5.74, 6) is -1.99. The lowest BCUT2D eigenvalue weighted by molar-refractivity contribution is -0.140. The van der Waals surface area contributed by atoms with E-state index in [1.54, 1.807) is 13.0 Å². The van der Waals surface area contributed by atoms with Gasteiger partial charge in [-0.1, -0.05) is 0 Å². The number of rotatable bonds is 8. The monoisotopic (exact) mass is 298 g/mol. The summed E-state index contributed by atoms with van der Waals surface area (Å²) >= 11 is 0. The molecule has 0 aromatic carbocycles. The van der Waals surface area contributed by atoms with Crippen LogP contribution in [0.4, 0.5) is 4.79 Å². The molecule has 9 heteroatoms. The van der Waals surface area contributed by atoms with Crippen LogP contribution in [0.3, 0.4) is 0 Å². The van der Waals surface area contributed by atoms with Crippen molar-refractivity contribution >= 4 is 18.0 Å². The van der Waals surface area contributed by atoms with E-state index in [2.05, 4.69) is 20.7 Å². The average Bonchev–Trinajstić information content (AvgIpc) is 2.42. The van der Waals surface area contributed by atoms with Crippen molar-refractivity contribution in [2.45, 2.75) is 19.9 Å². The summed E-state index contributed by atoms with van der Waals surface area (Å²) in [6.45, 7) is 3.73. The topological polar surface area (TPSA) is 141 Å². The maximum atomic E-state index is 11.6. The number of carbonyl (C=O) groups excluding carboxylic acids is 2. The number of amides is 2. The van der Waals surface area contributed by atoms with Gasteiger partial charge in [0.15, 0.2) is 0 Å². The van der Waals surface area contributed by atoms with Crippen LogP contribution in [0.2, 0.25) is 0 Å². The molecule has 0 rings (SSSR count). The van der Waals surface area contributed by atoms with Crippen LogP contribution in [-0.4, -0.2) is 48.8 Å². The van der Waals surface area contributed by atoms with Gasteiger partial charge in [-0.05, 0) is 13.8 Å². The summed E-state index contributed by atoms with van der Waals surface area (Å²) < 4.78 is 4.63. The van der Waals surface area contributed by atoms with Gasteiger partial charge in [-0.3, -0.25) is 9.59 Å². The molecular weight excluding hydrogens is 280 g/mol. The van der Waals surface area contributed by atoms with Crippen molar-refractivity contribution in [1.29, 1.82) is 5.26 Å². The molecule has 0 bridgehead atoms. The molecule has 1 unspecified atom stereocenters. The number of carboxylic acids is 1. The second-order valence-electron chi connectivity index (χ2n) is 3.80. The Balaban J connectivity index is 4.17. The highest BCUT2D eigenvalue weighted by atomic mass is 16.5. The largest absolute Gasteiger partial charge is 0.480 e. The van der Waals surface area contributed by atoms with Gasteiger partial charge in [-0.15, -0.1) is 0 Å². The first kappa shape index (κ1) is 18.2. The molecule has 1 atom stereocenters. The standard InChI is InChI=1S/C12H18N4O5/c1-3-21-12(20)15-5-4-14-7-9(6-13)10(17)16-8(2)11(18)19/h7-8,14H,3-5H2,1-2H3,(H,15,20)(H,16,17)(H,18,19)/b9-7-. The van der Waals surface area contributed by atoms with Gasteiger partial charge in [0, 0.05) is 19.3 Å². The Morgan fingerprint density at radius 3 is 2.57 bits per heavy atom. The smallest absolute Gasteiger partial charge is 0.407 e. The fraction of sp³-hybridized carbons (Fsp3) is 0.500. The molecule has 4 N–H and O–H groups in total. The van der Waals surface area contributed by atoms with E-state index in [9.17, 15) is 14.4 Å². The third kappa shape index (κ3) is 8.10. The lowest BCUT2D eigenvalue weighted by Crippen LogP contribution is -2.39. The number of hydrogen-bond acceptors (Lipinski definition) is 6. The number of nitrogens with zero attached hydrogens (tertiary/aromatic N) is 1. The van der Waals surface area contributed by atoms with E-state index >= 15 is 0 Å². The Morgan fingerprint density at radius 1 is 1.38 bits per heavy atom. The normalized spacial score (nSPS) is 11.8. The van der Waals surface area contributed by atoms with Crippen molar-refractivity contribution in [3.63, 3.8) is 0 Å². The van der Waals surface area contributed by atoms with Gasteiger partial charge in [0.25, 0.3) is 5.91 Å². The molecule has 0 saturated carbocycles. The number of ether oxygens (including phenoxy) is 1. The summed E-state index contributed by atoms with van der Waals surface area (Å²) in [6.07, 6.45) is 0.591. The van der Waals surface area contributed by atoms with Crippen molar-refractivity contribution in [1.82, 2.24) is 16.0 Å². The number of aliphatic carboxylic acids is 1. The minimum atomic E-state index is -1.20. The molecule has 9 nitrogen and oxygen atoms in total. The number of carboxylic acid groups (broad SMARTS) is 1. The average molecular weight is 298 g/mol. The van der Waals surface area contributed by atoms with Gasteiger partial charge >= 0.3 is 12.1 Å². The van der Waals surface area contributed by atoms with Crippen LogP contribution in [-0.2, 0) is 14.3 Å². The summed E-state index contributed by atoms with van der Waals surface area (Å²) in [5.41, 5.74) is -0.265. The molecule has 116 valence electrons. The van der Waals surface area contributed by atoms with Crippen LogP contribution in [0.1, 0.15) is 13.8 Å². The second kappa shape index (κ2) is 10.1. The van der Waals surface area contributed by atoms with Gasteiger partial charge in [-0.2, -0.15) is 5.26 Å². The quantitative estimate of drug-likeness (QED) is 0.264. The van der Waals surface area contributed by atoms with Gasteiger partial charge in [0.05, 0.1) is 6.61 Å². The number of hydrogen-bond donors (Lipinski definition) is 4. The van der Waals surface area contributed by atoms with E-state index < -0.39 is 24.0 Å². The number of nitriles is 1. The fourth-order valence-corrected chi connectivity index (χ4v) is 1.08. The Kier molecular flexibility index (Phi) is 8.75. The zero-order valence-corrected chi connectivity index (χ0v) is 11.8. The zero-order chi connectivity index (χ0) is 16.3. The zero-order valence-electron chi connectivity index (χ0n) is 11.8. The number of nitrogens with one attached hydrogen (secondary N) is 3. The lowest BCUT2D eigenvalue weighted by Gasteiger charge is -2.08. The van der Waals surface area contributed by atoms with Crippen LogP contribution in [0.25, 0.3) is 0 Å². The molecule has 0 aromatic rings. The lowest BCUT2D eigenvalue weighted by atomic mass is 10.2. The molecule has 0 heterocycles. The van der Waals surface area contributed by atoms with Gasteiger partial charge < -0.3 is 25.8 Å². The highest BCUT2D eigenvalue weighted by Crippen LogP contribution is 1.92. The van der Waals surface area contributed by atoms with Crippen molar-refractivity contribution < 1.29 is 24.2 Å². The first-order chi connectivity index (χ1) is 9.92. The predicted molar refractivity (Wildman–Crippen MR) is 72.0 cm³/mol. The van der Waals surface area contributed by atoms with Gasteiger partial charge in [0.1, 0.15) is 17.7 Å². The summed E-state index contributed by atoms with van der Waals surface area (Å²) in [7, 11) is 0. The van der Waals surface area contributed by atoms with E-state index in [1.807, 2.05) is 0 Å². The summed E-state index contributed by atoms with van der Waals surface area (Å²) in [4.78, 5) is 33.1. The third-order valence-electron chi connectivity index (χ3n) is 2.14. The second-order valence-corrected chi connectivity index (χ2v) is 3.80. The Morgan fingerprint density at radius 2 is 2.05 bits per heavy atom. The van der Waals surface area contributed by atoms with Crippen LogP contribution < -0.4 is 16.0 Å². The summed E-state index contributed by atoms with van der Waals surface area (Å²) in [6, 6.07) is 0.550. The van der Waals surface area contributed by atoms with E-state index in [-0.39, 0.29) is 25.3 Å². The maximum Gasteiger partial charge on any atom is 0.407 e. The number of alkyl carbamates (subject to hydrolysis) is 1. The molecule has 21 heavy (non-hydrogen) atoms. The summed E-state index contributed by atoms with van der Waals surface area (Å²) in [5, 5.41) is 24.7. The van der Waals surface area contributed by atoms with Gasteiger partial charge in [0.2, 0.25) is 0 Å². The highest BCUT2D eigenvalue weighted by Gasteiger charge is 2.16. The maximum absolute atomic E-state index is 11.6. The van der Waals surface area contributed by atoms with Crippen molar-refractivity contribution in [2.75, 3.05) is 19.7 Å². The van der Waals surface area contributed by atoms with Crippen LogP contribution >= 0.6 is 0 Å². The molecule has 0 aliphatic carbocycles. The Bertz CT molecular complexity index is 455. The Labute approximate surface area is 121 Å². The molecule has 0 radical (unpaired) electrons. The molecule has 0 aliphatic rings. The molecule has 0 fully saturated rings. The Hall–Kier alpha value is -2.76. The van der Waals surface area contributed by atoms with Crippen molar-refractivity contribution in [2.24, 2.45) is 0 Å². The van der Waals surface area contributed by atoms with Crippen molar-refractivity contribution in [3.8, 4) is 6.07 Å². The van der Waals surface area contributed by atoms with Crippen molar-refractivity contribution in [3.05, 3.63) is 11.8 Å². The van der Waals surface area contributed by atoms with E-state index in [1.165, 1.54) is 6.92 Å². The van der Waals surface area contributed by atoms with E-state index in [0.29, 0.717) is 0 Å². The molecule has 2 amide bonds. The van der Waals surface area contributed by atoms with Crippen LogP contribution in [0.15, 0.2) is 11.8 Å². The molecular formula is C12H18N4O5. The molecule has 0 aromatic heterocycles. The molecule has 0 spiro atoms. The fourth-order valence-electron chi connectivity index (χ4n) is 1.08. The molecule has 0 aliphatic heterocycles. The molecule has 0 saturated heterocycles. The third-order valence-corrected chi connectivity index (χ3v) is 2.14. The highest BCUT2D eigenvalue weighted by molar-refractivity contribution is 5.99. The van der Waals surface area contributed by atoms with E-state index in [0.717, 1.165) is 6.20 Å². The van der Waals surface area contributed by atoms with Gasteiger partial charge in [-0.25, -0.2) is 4.79 Å². The minimum absolute atomic E-state index is 0.237. The van der Waals surface area contributed by atoms with Crippen LogP contribution in [0.5, 0.6) is 0 Å². The predicted octanol–water partition coefficient (Wildman–Crippen LogP) is -0.681.